The number of carbonyl (C=O) groups is 2. The fourth-order valence-corrected chi connectivity index (χ4v) is 2.66. The van der Waals surface area contributed by atoms with Crippen LogP contribution in [-0.4, -0.2) is 16.4 Å². The number of aromatic nitrogens is 1. The summed E-state index contributed by atoms with van der Waals surface area (Å²) in [6.45, 7) is 1.63. The number of nitrogens with one attached hydrogen (secondary N) is 2. The monoisotopic (exact) mass is 379 g/mol. The summed E-state index contributed by atoms with van der Waals surface area (Å²) in [4.78, 5) is 36.2. The number of pyridine rings is 1. The molecule has 0 unspecified atom stereocenters. The van der Waals surface area contributed by atoms with E-state index in [2.05, 4.69) is 10.6 Å². The van der Waals surface area contributed by atoms with Gasteiger partial charge >= 0.3 is 0 Å². The fourth-order valence-electron chi connectivity index (χ4n) is 2.66. The molecule has 0 aliphatic rings. The zero-order valence-electron chi connectivity index (χ0n) is 15.1. The molecule has 3 aromatic rings. The lowest BCUT2D eigenvalue weighted by Crippen LogP contribution is -2.29. The van der Waals surface area contributed by atoms with Gasteiger partial charge in [0.25, 0.3) is 11.5 Å². The van der Waals surface area contributed by atoms with E-state index < -0.39 is 11.5 Å². The Kier molecular flexibility index (Phi) is 5.64. The molecule has 7 heteroatoms. The van der Waals surface area contributed by atoms with Crippen LogP contribution >= 0.6 is 0 Å². The van der Waals surface area contributed by atoms with Crippen LogP contribution in [0.15, 0.2) is 71.7 Å². The van der Waals surface area contributed by atoms with E-state index in [0.29, 0.717) is 11.4 Å². The second-order valence-corrected chi connectivity index (χ2v) is 6.19. The van der Waals surface area contributed by atoms with Crippen molar-refractivity contribution in [2.45, 2.75) is 13.5 Å². The van der Waals surface area contributed by atoms with Gasteiger partial charge in [-0.1, -0.05) is 12.1 Å². The van der Waals surface area contributed by atoms with Crippen LogP contribution in [-0.2, 0) is 11.3 Å². The minimum Gasteiger partial charge on any atom is -0.326 e. The van der Waals surface area contributed by atoms with Crippen molar-refractivity contribution in [2.75, 3.05) is 10.6 Å². The van der Waals surface area contributed by atoms with Crippen molar-refractivity contribution in [1.29, 1.82) is 0 Å². The minimum atomic E-state index is -0.536. The highest BCUT2D eigenvalue weighted by Crippen LogP contribution is 2.14. The van der Waals surface area contributed by atoms with Gasteiger partial charge in [0.2, 0.25) is 5.91 Å². The average molecular weight is 379 g/mol. The Hall–Kier alpha value is -3.74. The van der Waals surface area contributed by atoms with Crippen LogP contribution in [0, 0.1) is 5.82 Å². The number of hydrogen-bond donors (Lipinski definition) is 2. The van der Waals surface area contributed by atoms with Crippen molar-refractivity contribution in [3.8, 4) is 0 Å². The topological polar surface area (TPSA) is 80.2 Å². The third-order valence-electron chi connectivity index (χ3n) is 3.99. The highest BCUT2D eigenvalue weighted by atomic mass is 19.1. The molecule has 0 radical (unpaired) electrons. The van der Waals surface area contributed by atoms with E-state index in [4.69, 9.17) is 0 Å². The second-order valence-electron chi connectivity index (χ2n) is 6.19. The molecular weight excluding hydrogens is 361 g/mol. The summed E-state index contributed by atoms with van der Waals surface area (Å²) in [5, 5.41) is 5.30. The molecule has 0 aliphatic carbocycles. The third kappa shape index (κ3) is 4.70. The van der Waals surface area contributed by atoms with E-state index in [1.165, 1.54) is 29.7 Å². The average Bonchev–Trinajstić information content (AvgIpc) is 2.66. The van der Waals surface area contributed by atoms with Gasteiger partial charge in [0.1, 0.15) is 11.4 Å². The lowest BCUT2D eigenvalue weighted by molar-refractivity contribution is -0.114. The van der Waals surface area contributed by atoms with Gasteiger partial charge in [-0.15, -0.1) is 0 Å². The fraction of sp³-hybridized carbons (Fsp3) is 0.0952. The molecule has 0 bridgehead atoms. The second kappa shape index (κ2) is 8.30. The Morgan fingerprint density at radius 2 is 1.54 bits per heavy atom. The molecule has 0 saturated heterocycles. The first-order valence-corrected chi connectivity index (χ1v) is 8.55. The van der Waals surface area contributed by atoms with Gasteiger partial charge in [-0.25, -0.2) is 4.39 Å². The van der Waals surface area contributed by atoms with Crippen LogP contribution in [0.5, 0.6) is 0 Å². The Morgan fingerprint density at radius 3 is 2.14 bits per heavy atom. The van der Waals surface area contributed by atoms with E-state index in [-0.39, 0.29) is 23.8 Å². The first-order valence-electron chi connectivity index (χ1n) is 8.55. The van der Waals surface area contributed by atoms with Gasteiger partial charge in [0.05, 0.1) is 6.54 Å². The SMILES string of the molecule is CC(=O)Nc1ccc(NC(=O)c2cccn(Cc3ccc(F)cc3)c2=O)cc1. The number of anilines is 2. The number of amides is 2. The van der Waals surface area contributed by atoms with Gasteiger partial charge in [-0.3, -0.25) is 14.4 Å². The molecule has 28 heavy (non-hydrogen) atoms. The number of carbonyl (C=O) groups excluding carboxylic acids is 2. The molecule has 0 atom stereocenters. The molecule has 2 N–H and O–H groups in total. The largest absolute Gasteiger partial charge is 0.326 e. The summed E-state index contributed by atoms with van der Waals surface area (Å²) in [5.41, 5.74) is 1.39. The van der Waals surface area contributed by atoms with Crippen molar-refractivity contribution in [3.63, 3.8) is 0 Å². The van der Waals surface area contributed by atoms with Crippen LogP contribution in [0.4, 0.5) is 15.8 Å². The predicted molar refractivity (Wildman–Crippen MR) is 105 cm³/mol. The highest BCUT2D eigenvalue weighted by molar-refractivity contribution is 6.04. The van der Waals surface area contributed by atoms with E-state index in [1.807, 2.05) is 0 Å². The normalized spacial score (nSPS) is 10.4. The molecule has 0 fully saturated rings. The number of hydrogen-bond acceptors (Lipinski definition) is 3. The Balaban J connectivity index is 1.76. The lowest BCUT2D eigenvalue weighted by Gasteiger charge is -2.10. The standard InChI is InChI=1S/C21H18FN3O3/c1-14(26)23-17-8-10-18(11-9-17)24-20(27)19-3-2-12-25(21(19)28)13-15-4-6-16(22)7-5-15/h2-12H,13H2,1H3,(H,23,26)(H,24,27). The minimum absolute atomic E-state index is 0.00412. The first-order chi connectivity index (χ1) is 13.4. The first kappa shape index (κ1) is 19.0. The molecule has 3 rings (SSSR count). The van der Waals surface area contributed by atoms with Crippen LogP contribution < -0.4 is 16.2 Å². The molecule has 2 amide bonds. The Bertz CT molecular complexity index is 1060. The summed E-state index contributed by atoms with van der Waals surface area (Å²) in [7, 11) is 0. The number of nitrogens with zero attached hydrogens (tertiary/aromatic N) is 1. The lowest BCUT2D eigenvalue weighted by atomic mass is 10.2. The summed E-state index contributed by atoms with van der Waals surface area (Å²) >= 11 is 0. The van der Waals surface area contributed by atoms with Gasteiger partial charge in [0, 0.05) is 24.5 Å². The maximum atomic E-state index is 13.0. The Labute approximate surface area is 160 Å². The van der Waals surface area contributed by atoms with Crippen molar-refractivity contribution < 1.29 is 14.0 Å². The zero-order valence-corrected chi connectivity index (χ0v) is 15.1. The zero-order chi connectivity index (χ0) is 20.1. The molecule has 142 valence electrons. The van der Waals surface area contributed by atoms with Crippen molar-refractivity contribution >= 4 is 23.2 Å². The summed E-state index contributed by atoms with van der Waals surface area (Å²) in [5.74, 6) is -1.08. The van der Waals surface area contributed by atoms with E-state index in [0.717, 1.165) is 5.56 Å². The predicted octanol–water partition coefficient (Wildman–Crippen LogP) is 3.25. The summed E-state index contributed by atoms with van der Waals surface area (Å²) < 4.78 is 14.4. The van der Waals surface area contributed by atoms with E-state index in [1.54, 1.807) is 48.7 Å². The van der Waals surface area contributed by atoms with Gasteiger partial charge < -0.3 is 15.2 Å². The molecule has 6 nitrogen and oxygen atoms in total. The van der Waals surface area contributed by atoms with Crippen LogP contribution in [0.25, 0.3) is 0 Å². The van der Waals surface area contributed by atoms with E-state index >= 15 is 0 Å². The quantitative estimate of drug-likeness (QED) is 0.714. The van der Waals surface area contributed by atoms with Crippen molar-refractivity contribution in [2.24, 2.45) is 0 Å². The van der Waals surface area contributed by atoms with Crippen molar-refractivity contribution in [3.05, 3.63) is 94.2 Å². The smallest absolute Gasteiger partial charge is 0.263 e. The van der Waals surface area contributed by atoms with Gasteiger partial charge in [-0.2, -0.15) is 0 Å². The summed E-state index contributed by atoms with van der Waals surface area (Å²) in [6, 6.07) is 15.4. The molecule has 1 heterocycles. The van der Waals surface area contributed by atoms with Crippen molar-refractivity contribution in [1.82, 2.24) is 4.57 Å². The van der Waals surface area contributed by atoms with E-state index in [9.17, 15) is 18.8 Å². The highest BCUT2D eigenvalue weighted by Gasteiger charge is 2.13. The molecule has 0 aliphatic heterocycles. The molecule has 0 saturated carbocycles. The van der Waals surface area contributed by atoms with Crippen LogP contribution in [0.3, 0.4) is 0 Å². The maximum absolute atomic E-state index is 13.0. The van der Waals surface area contributed by atoms with Crippen LogP contribution in [0.1, 0.15) is 22.8 Å². The molecular formula is C21H18FN3O3. The Morgan fingerprint density at radius 1 is 0.929 bits per heavy atom. The number of benzene rings is 2. The van der Waals surface area contributed by atoms with Gasteiger partial charge in [-0.05, 0) is 54.1 Å². The maximum Gasteiger partial charge on any atom is 0.263 e. The number of halogens is 1. The van der Waals surface area contributed by atoms with Gasteiger partial charge in [0.15, 0.2) is 0 Å². The molecule has 0 spiro atoms. The third-order valence-corrected chi connectivity index (χ3v) is 3.99. The molecule has 1 aromatic heterocycles. The number of rotatable bonds is 5. The summed E-state index contributed by atoms with van der Waals surface area (Å²) in [6.07, 6.45) is 1.57. The molecule has 2 aromatic carbocycles. The van der Waals surface area contributed by atoms with Crippen LogP contribution in [0.2, 0.25) is 0 Å².